The second kappa shape index (κ2) is 7.97. The van der Waals surface area contributed by atoms with Gasteiger partial charge in [-0.25, -0.2) is 4.79 Å². The fourth-order valence-electron chi connectivity index (χ4n) is 1.55. The highest BCUT2D eigenvalue weighted by Gasteiger charge is 2.04. The van der Waals surface area contributed by atoms with Crippen molar-refractivity contribution in [3.63, 3.8) is 0 Å². The number of alkyl carbamates (subject to hydrolysis) is 1. The van der Waals surface area contributed by atoms with Gasteiger partial charge in [-0.2, -0.15) is 0 Å². The average molecular weight is 223 g/mol. The van der Waals surface area contributed by atoms with Crippen molar-refractivity contribution in [2.45, 2.75) is 39.0 Å². The van der Waals surface area contributed by atoms with Crippen LogP contribution in [0.15, 0.2) is 23.8 Å². The van der Waals surface area contributed by atoms with Gasteiger partial charge in [0.1, 0.15) is 6.61 Å². The second-order valence-electron chi connectivity index (χ2n) is 4.00. The number of amides is 1. The van der Waals surface area contributed by atoms with Crippen molar-refractivity contribution in [2.24, 2.45) is 0 Å². The van der Waals surface area contributed by atoms with Crippen LogP contribution >= 0.6 is 0 Å². The summed E-state index contributed by atoms with van der Waals surface area (Å²) in [5.74, 6) is 0. The highest BCUT2D eigenvalue weighted by molar-refractivity contribution is 5.67. The summed E-state index contributed by atoms with van der Waals surface area (Å²) in [6.07, 6.45) is 11.2. The third-order valence-electron chi connectivity index (χ3n) is 2.54. The number of carbonyl (C=O) groups excluding carboxylic acids is 1. The third kappa shape index (κ3) is 5.59. The minimum Gasteiger partial charge on any atom is -0.445 e. The van der Waals surface area contributed by atoms with Crippen molar-refractivity contribution in [2.75, 3.05) is 13.2 Å². The fourth-order valence-corrected chi connectivity index (χ4v) is 1.55. The minimum absolute atomic E-state index is 0.299. The first kappa shape index (κ1) is 12.8. The van der Waals surface area contributed by atoms with Gasteiger partial charge in [0.2, 0.25) is 0 Å². The van der Waals surface area contributed by atoms with Crippen molar-refractivity contribution < 1.29 is 9.53 Å². The molecule has 3 heteroatoms. The van der Waals surface area contributed by atoms with E-state index in [4.69, 9.17) is 4.74 Å². The van der Waals surface area contributed by atoms with Crippen molar-refractivity contribution in [1.82, 2.24) is 5.32 Å². The highest BCUT2D eigenvalue weighted by Crippen LogP contribution is 2.11. The Bertz CT molecular complexity index is 269. The Balaban J connectivity index is 2.05. The van der Waals surface area contributed by atoms with Crippen molar-refractivity contribution in [3.8, 4) is 0 Å². The van der Waals surface area contributed by atoms with E-state index in [9.17, 15) is 4.79 Å². The Morgan fingerprint density at radius 2 is 2.38 bits per heavy atom. The Kier molecular flexibility index (Phi) is 6.38. The second-order valence-corrected chi connectivity index (χ2v) is 4.00. The van der Waals surface area contributed by atoms with Crippen LogP contribution in [0.4, 0.5) is 4.79 Å². The molecule has 1 aliphatic rings. The first-order valence-corrected chi connectivity index (χ1v) is 6.08. The molecule has 0 atom stereocenters. The number of ether oxygens (including phenoxy) is 1. The van der Waals surface area contributed by atoms with E-state index in [2.05, 4.69) is 18.3 Å². The van der Waals surface area contributed by atoms with Crippen LogP contribution in [0.1, 0.15) is 39.0 Å². The third-order valence-corrected chi connectivity index (χ3v) is 2.54. The number of allylic oxidation sites excluding steroid dienone is 3. The quantitative estimate of drug-likeness (QED) is 0.702. The molecule has 0 spiro atoms. The standard InChI is InChI=1S/C13H21NO2/c1-2-3-7-10-14-13(15)16-11-12-8-5-4-6-9-12/h4-5,8H,2-3,6-7,9-11H2,1H3,(H,14,15). The van der Waals surface area contributed by atoms with Crippen LogP contribution < -0.4 is 5.32 Å². The zero-order valence-corrected chi connectivity index (χ0v) is 10.00. The van der Waals surface area contributed by atoms with Crippen LogP contribution in [0.5, 0.6) is 0 Å². The van der Waals surface area contributed by atoms with Crippen LogP contribution in [0, 0.1) is 0 Å². The molecule has 0 radical (unpaired) electrons. The highest BCUT2D eigenvalue weighted by atomic mass is 16.5. The zero-order valence-electron chi connectivity index (χ0n) is 10.00. The van der Waals surface area contributed by atoms with Crippen LogP contribution in [0.25, 0.3) is 0 Å². The monoisotopic (exact) mass is 223 g/mol. The molecule has 0 aromatic rings. The molecule has 0 fully saturated rings. The first-order valence-electron chi connectivity index (χ1n) is 6.08. The maximum absolute atomic E-state index is 11.3. The molecule has 1 rings (SSSR count). The molecular weight excluding hydrogens is 202 g/mol. The molecule has 1 N–H and O–H groups in total. The van der Waals surface area contributed by atoms with E-state index in [1.54, 1.807) is 0 Å². The molecular formula is C13H21NO2. The van der Waals surface area contributed by atoms with Gasteiger partial charge in [-0.1, -0.05) is 38.0 Å². The number of hydrogen-bond donors (Lipinski definition) is 1. The molecule has 0 heterocycles. The van der Waals surface area contributed by atoms with E-state index >= 15 is 0 Å². The van der Waals surface area contributed by atoms with Gasteiger partial charge in [0, 0.05) is 6.54 Å². The molecule has 3 nitrogen and oxygen atoms in total. The number of rotatable bonds is 6. The zero-order chi connectivity index (χ0) is 11.6. The minimum atomic E-state index is -0.299. The molecule has 90 valence electrons. The van der Waals surface area contributed by atoms with E-state index in [-0.39, 0.29) is 6.09 Å². The summed E-state index contributed by atoms with van der Waals surface area (Å²) in [7, 11) is 0. The SMILES string of the molecule is CCCCCNC(=O)OCC1=CC=CCC1. The number of nitrogens with one attached hydrogen (secondary N) is 1. The summed E-state index contributed by atoms with van der Waals surface area (Å²) in [4.78, 5) is 11.3. The van der Waals surface area contributed by atoms with Crippen molar-refractivity contribution in [3.05, 3.63) is 23.8 Å². The smallest absolute Gasteiger partial charge is 0.407 e. The summed E-state index contributed by atoms with van der Waals surface area (Å²) in [6.45, 7) is 3.27. The lowest BCUT2D eigenvalue weighted by atomic mass is 10.1. The molecule has 0 aromatic carbocycles. The molecule has 1 amide bonds. The lowest BCUT2D eigenvalue weighted by molar-refractivity contribution is 0.154. The Morgan fingerprint density at radius 1 is 1.50 bits per heavy atom. The van der Waals surface area contributed by atoms with E-state index in [1.165, 1.54) is 5.57 Å². The summed E-state index contributed by atoms with van der Waals surface area (Å²) < 4.78 is 5.11. The molecule has 0 bridgehead atoms. The fraction of sp³-hybridized carbons (Fsp3) is 0.615. The largest absolute Gasteiger partial charge is 0.445 e. The molecule has 0 aliphatic heterocycles. The Labute approximate surface area is 97.6 Å². The predicted octanol–water partition coefficient (Wildman–Crippen LogP) is 3.18. The van der Waals surface area contributed by atoms with Crippen molar-refractivity contribution >= 4 is 6.09 Å². The van der Waals surface area contributed by atoms with E-state index in [1.807, 2.05) is 12.2 Å². The van der Waals surface area contributed by atoms with E-state index in [0.29, 0.717) is 13.2 Å². The van der Waals surface area contributed by atoms with Gasteiger partial charge in [0.05, 0.1) is 0 Å². The molecule has 0 unspecified atom stereocenters. The van der Waals surface area contributed by atoms with Gasteiger partial charge in [0.25, 0.3) is 0 Å². The first-order chi connectivity index (χ1) is 7.83. The maximum Gasteiger partial charge on any atom is 0.407 e. The Hall–Kier alpha value is -1.25. The summed E-state index contributed by atoms with van der Waals surface area (Å²) in [6, 6.07) is 0. The van der Waals surface area contributed by atoms with Gasteiger partial charge in [-0.05, 0) is 24.8 Å². The van der Waals surface area contributed by atoms with Crippen LogP contribution in [-0.2, 0) is 4.74 Å². The summed E-state index contributed by atoms with van der Waals surface area (Å²) >= 11 is 0. The maximum atomic E-state index is 11.3. The molecule has 0 saturated carbocycles. The van der Waals surface area contributed by atoms with Crippen LogP contribution in [-0.4, -0.2) is 19.2 Å². The molecule has 1 aliphatic carbocycles. The lowest BCUT2D eigenvalue weighted by Crippen LogP contribution is -2.26. The molecule has 0 aromatic heterocycles. The van der Waals surface area contributed by atoms with Gasteiger partial charge in [0.15, 0.2) is 0 Å². The van der Waals surface area contributed by atoms with E-state index < -0.39 is 0 Å². The average Bonchev–Trinajstić information content (AvgIpc) is 2.33. The van der Waals surface area contributed by atoms with Crippen LogP contribution in [0.3, 0.4) is 0 Å². The van der Waals surface area contributed by atoms with Gasteiger partial charge >= 0.3 is 6.09 Å². The summed E-state index contributed by atoms with van der Waals surface area (Å²) in [5.41, 5.74) is 1.19. The van der Waals surface area contributed by atoms with Gasteiger partial charge in [-0.3, -0.25) is 0 Å². The molecule has 0 saturated heterocycles. The van der Waals surface area contributed by atoms with Crippen molar-refractivity contribution in [1.29, 1.82) is 0 Å². The number of unbranched alkanes of at least 4 members (excludes halogenated alkanes) is 2. The normalized spacial score (nSPS) is 14.4. The topological polar surface area (TPSA) is 38.3 Å². The van der Waals surface area contributed by atoms with Crippen LogP contribution in [0.2, 0.25) is 0 Å². The number of hydrogen-bond acceptors (Lipinski definition) is 2. The van der Waals surface area contributed by atoms with E-state index in [0.717, 1.165) is 32.1 Å². The Morgan fingerprint density at radius 3 is 3.06 bits per heavy atom. The number of carbonyl (C=O) groups is 1. The summed E-state index contributed by atoms with van der Waals surface area (Å²) in [5, 5.41) is 2.75. The predicted molar refractivity (Wildman–Crippen MR) is 65.3 cm³/mol. The lowest BCUT2D eigenvalue weighted by Gasteiger charge is -2.10. The van der Waals surface area contributed by atoms with Gasteiger partial charge < -0.3 is 10.1 Å². The van der Waals surface area contributed by atoms with Gasteiger partial charge in [-0.15, -0.1) is 0 Å². The molecule has 16 heavy (non-hydrogen) atoms.